The Balaban J connectivity index is 1.41. The van der Waals surface area contributed by atoms with E-state index in [9.17, 15) is 9.59 Å². The first-order valence-corrected chi connectivity index (χ1v) is 11.2. The van der Waals surface area contributed by atoms with Gasteiger partial charge in [0.2, 0.25) is 0 Å². The maximum absolute atomic E-state index is 12.6. The van der Waals surface area contributed by atoms with Crippen LogP contribution < -0.4 is 14.8 Å². The summed E-state index contributed by atoms with van der Waals surface area (Å²) in [5, 5.41) is 3.03. The lowest BCUT2D eigenvalue weighted by molar-refractivity contribution is -0.134. The second kappa shape index (κ2) is 10.5. The smallest absolute Gasteiger partial charge is 0.260 e. The number of ether oxygens (including phenoxy) is 2. The molecule has 0 aliphatic carbocycles. The first-order valence-electron chi connectivity index (χ1n) is 11.2. The van der Waals surface area contributed by atoms with E-state index in [1.165, 1.54) is 0 Å². The molecular weight excluding hydrogens is 404 g/mol. The zero-order valence-corrected chi connectivity index (χ0v) is 19.8. The van der Waals surface area contributed by atoms with Crippen molar-refractivity contribution in [1.82, 2.24) is 10.2 Å². The number of hydrogen-bond donors (Lipinski definition) is 1. The molecule has 1 fully saturated rings. The fraction of sp³-hybridized carbons (Fsp3) is 0.462. The van der Waals surface area contributed by atoms with Crippen molar-refractivity contribution >= 4 is 11.8 Å². The van der Waals surface area contributed by atoms with Gasteiger partial charge in [-0.25, -0.2) is 0 Å². The number of rotatable bonds is 7. The fourth-order valence-corrected chi connectivity index (χ4v) is 4.02. The number of piperidine rings is 1. The van der Waals surface area contributed by atoms with E-state index in [0.29, 0.717) is 13.1 Å². The Hall–Kier alpha value is -3.02. The highest BCUT2D eigenvalue weighted by Gasteiger charge is 2.24. The van der Waals surface area contributed by atoms with Crippen molar-refractivity contribution in [3.05, 3.63) is 58.1 Å². The van der Waals surface area contributed by atoms with E-state index in [0.717, 1.165) is 52.2 Å². The van der Waals surface area contributed by atoms with Crippen LogP contribution in [0.15, 0.2) is 30.3 Å². The number of amides is 2. The lowest BCUT2D eigenvalue weighted by atomic mass is 10.0. The topological polar surface area (TPSA) is 67.9 Å². The molecule has 6 nitrogen and oxygen atoms in total. The van der Waals surface area contributed by atoms with Crippen LogP contribution in [-0.4, -0.2) is 49.1 Å². The van der Waals surface area contributed by atoms with Gasteiger partial charge in [0.15, 0.2) is 13.2 Å². The Kier molecular flexibility index (Phi) is 7.78. The molecule has 6 heteroatoms. The molecule has 3 rings (SSSR count). The monoisotopic (exact) mass is 438 g/mol. The molecular formula is C26H34N2O4. The van der Waals surface area contributed by atoms with Crippen molar-refractivity contribution in [3.63, 3.8) is 0 Å². The predicted molar refractivity (Wildman–Crippen MR) is 125 cm³/mol. The molecule has 0 spiro atoms. The third-order valence-electron chi connectivity index (χ3n) is 6.12. The summed E-state index contributed by atoms with van der Waals surface area (Å²) in [6, 6.07) is 10.0. The van der Waals surface area contributed by atoms with Crippen LogP contribution in [0, 0.1) is 34.6 Å². The molecule has 0 saturated carbocycles. The van der Waals surface area contributed by atoms with Crippen LogP contribution in [0.3, 0.4) is 0 Å². The van der Waals surface area contributed by atoms with Crippen LogP contribution in [0.1, 0.15) is 40.7 Å². The summed E-state index contributed by atoms with van der Waals surface area (Å²) in [5.41, 5.74) is 5.43. The van der Waals surface area contributed by atoms with Gasteiger partial charge in [-0.1, -0.05) is 29.8 Å². The molecule has 172 valence electrons. The van der Waals surface area contributed by atoms with Crippen molar-refractivity contribution in [2.24, 2.45) is 0 Å². The van der Waals surface area contributed by atoms with E-state index in [2.05, 4.69) is 11.4 Å². The first kappa shape index (κ1) is 23.6. The Bertz CT molecular complexity index is 978. The SMILES string of the molecule is Cc1ccc(OCC(=O)NC2CCN(C(=O)COc3c(C)ccc(C)c3C)CC2)c(C)c1. The summed E-state index contributed by atoms with van der Waals surface area (Å²) in [5.74, 6) is 1.37. The van der Waals surface area contributed by atoms with Crippen molar-refractivity contribution < 1.29 is 19.1 Å². The van der Waals surface area contributed by atoms with E-state index in [1.807, 2.05) is 63.8 Å². The fourth-order valence-electron chi connectivity index (χ4n) is 4.02. The molecule has 0 bridgehead atoms. The second-order valence-corrected chi connectivity index (χ2v) is 8.72. The third kappa shape index (κ3) is 6.02. The number of carbonyl (C=O) groups is 2. The van der Waals surface area contributed by atoms with Gasteiger partial charge in [0, 0.05) is 19.1 Å². The number of likely N-dealkylation sites (tertiary alicyclic amines) is 1. The van der Waals surface area contributed by atoms with Crippen LogP contribution in [0.4, 0.5) is 0 Å². The molecule has 0 radical (unpaired) electrons. The second-order valence-electron chi connectivity index (χ2n) is 8.72. The molecule has 1 aliphatic rings. The van der Waals surface area contributed by atoms with Gasteiger partial charge in [-0.3, -0.25) is 9.59 Å². The Morgan fingerprint density at radius 2 is 1.59 bits per heavy atom. The quantitative estimate of drug-likeness (QED) is 0.714. The van der Waals surface area contributed by atoms with Crippen LogP contribution in [0.2, 0.25) is 0 Å². The van der Waals surface area contributed by atoms with Crippen molar-refractivity contribution in [1.29, 1.82) is 0 Å². The van der Waals surface area contributed by atoms with Crippen LogP contribution in [-0.2, 0) is 9.59 Å². The van der Waals surface area contributed by atoms with Crippen LogP contribution in [0.25, 0.3) is 0 Å². The maximum Gasteiger partial charge on any atom is 0.260 e. The van der Waals surface area contributed by atoms with Gasteiger partial charge in [0.25, 0.3) is 11.8 Å². The van der Waals surface area contributed by atoms with Crippen molar-refractivity contribution in [2.75, 3.05) is 26.3 Å². The van der Waals surface area contributed by atoms with E-state index < -0.39 is 0 Å². The van der Waals surface area contributed by atoms with Crippen molar-refractivity contribution in [2.45, 2.75) is 53.5 Å². The zero-order valence-electron chi connectivity index (χ0n) is 19.8. The number of nitrogens with one attached hydrogen (secondary N) is 1. The maximum atomic E-state index is 12.6. The molecule has 0 unspecified atom stereocenters. The summed E-state index contributed by atoms with van der Waals surface area (Å²) in [6.07, 6.45) is 1.45. The van der Waals surface area contributed by atoms with Gasteiger partial charge in [0.05, 0.1) is 0 Å². The van der Waals surface area contributed by atoms with E-state index in [1.54, 1.807) is 0 Å². The van der Waals surface area contributed by atoms with Gasteiger partial charge in [-0.2, -0.15) is 0 Å². The van der Waals surface area contributed by atoms with E-state index >= 15 is 0 Å². The Morgan fingerprint density at radius 3 is 2.28 bits per heavy atom. The highest BCUT2D eigenvalue weighted by Crippen LogP contribution is 2.26. The zero-order chi connectivity index (χ0) is 23.3. The summed E-state index contributed by atoms with van der Waals surface area (Å²) >= 11 is 0. The third-order valence-corrected chi connectivity index (χ3v) is 6.12. The molecule has 1 N–H and O–H groups in total. The summed E-state index contributed by atoms with van der Waals surface area (Å²) in [7, 11) is 0. The number of nitrogens with zero attached hydrogens (tertiary/aromatic N) is 1. The first-order chi connectivity index (χ1) is 15.2. The van der Waals surface area contributed by atoms with Crippen LogP contribution >= 0.6 is 0 Å². The van der Waals surface area contributed by atoms with Gasteiger partial charge in [-0.15, -0.1) is 0 Å². The van der Waals surface area contributed by atoms with Gasteiger partial charge >= 0.3 is 0 Å². The number of aryl methyl sites for hydroxylation is 4. The van der Waals surface area contributed by atoms with Crippen LogP contribution in [0.5, 0.6) is 11.5 Å². The Labute approximate surface area is 190 Å². The standard InChI is InChI=1S/C26H34N2O4/c1-17-6-9-23(20(4)14-17)31-15-24(29)27-22-10-12-28(13-11-22)25(30)16-32-26-19(3)8-7-18(2)21(26)5/h6-9,14,22H,10-13,15-16H2,1-5H3,(H,27,29). The lowest BCUT2D eigenvalue weighted by Crippen LogP contribution is -2.48. The lowest BCUT2D eigenvalue weighted by Gasteiger charge is -2.32. The normalized spacial score (nSPS) is 14.2. The molecule has 32 heavy (non-hydrogen) atoms. The van der Waals surface area contributed by atoms with Gasteiger partial charge in [0.1, 0.15) is 11.5 Å². The van der Waals surface area contributed by atoms with E-state index in [-0.39, 0.29) is 31.1 Å². The molecule has 2 aromatic rings. The minimum Gasteiger partial charge on any atom is -0.484 e. The minimum atomic E-state index is -0.136. The summed E-state index contributed by atoms with van der Waals surface area (Å²) in [4.78, 5) is 26.7. The van der Waals surface area contributed by atoms with Gasteiger partial charge in [-0.05, 0) is 75.8 Å². The largest absolute Gasteiger partial charge is 0.484 e. The average molecular weight is 439 g/mol. The number of benzene rings is 2. The highest BCUT2D eigenvalue weighted by molar-refractivity contribution is 5.79. The number of carbonyl (C=O) groups excluding carboxylic acids is 2. The molecule has 1 saturated heterocycles. The molecule has 2 aromatic carbocycles. The Morgan fingerprint density at radius 1 is 0.906 bits per heavy atom. The molecule has 2 amide bonds. The van der Waals surface area contributed by atoms with Crippen molar-refractivity contribution in [3.8, 4) is 11.5 Å². The van der Waals surface area contributed by atoms with E-state index in [4.69, 9.17) is 9.47 Å². The van der Waals surface area contributed by atoms with Gasteiger partial charge < -0.3 is 19.7 Å². The summed E-state index contributed by atoms with van der Waals surface area (Å²) < 4.78 is 11.5. The summed E-state index contributed by atoms with van der Waals surface area (Å²) in [6.45, 7) is 11.3. The molecule has 0 atom stereocenters. The predicted octanol–water partition coefficient (Wildman–Crippen LogP) is 3.79. The molecule has 1 heterocycles. The molecule has 1 aliphatic heterocycles. The number of hydrogen-bond acceptors (Lipinski definition) is 4. The average Bonchev–Trinajstić information content (AvgIpc) is 2.76. The highest BCUT2D eigenvalue weighted by atomic mass is 16.5. The minimum absolute atomic E-state index is 0.00786. The molecule has 0 aromatic heterocycles.